The van der Waals surface area contributed by atoms with Crippen molar-refractivity contribution in [2.24, 2.45) is 0 Å². The Morgan fingerprint density at radius 3 is 2.07 bits per heavy atom. The van der Waals surface area contributed by atoms with Gasteiger partial charge >= 0.3 is 6.18 Å². The first-order chi connectivity index (χ1) is 13.5. The second kappa shape index (κ2) is 7.92. The second-order valence-corrected chi connectivity index (χ2v) is 8.72. The largest absolute Gasteiger partial charge is 0.416 e. The van der Waals surface area contributed by atoms with Crippen molar-refractivity contribution < 1.29 is 30.8 Å². The van der Waals surface area contributed by atoms with Crippen LogP contribution in [0.3, 0.4) is 0 Å². The van der Waals surface area contributed by atoms with Gasteiger partial charge in [0.25, 0.3) is 5.91 Å². The van der Waals surface area contributed by atoms with Gasteiger partial charge in [0.15, 0.2) is 0 Å². The quantitative estimate of drug-likeness (QED) is 0.671. The van der Waals surface area contributed by atoms with Crippen molar-refractivity contribution in [1.82, 2.24) is 9.21 Å². The van der Waals surface area contributed by atoms with Crippen LogP contribution in [0.1, 0.15) is 15.9 Å². The summed E-state index contributed by atoms with van der Waals surface area (Å²) in [5, 5.41) is 0.145. The van der Waals surface area contributed by atoms with Gasteiger partial charge in [0.05, 0.1) is 16.0 Å². The Bertz CT molecular complexity index is 1020. The van der Waals surface area contributed by atoms with Gasteiger partial charge in [-0.2, -0.15) is 17.5 Å². The molecular weight excluding hydrogens is 436 g/mol. The molecule has 0 spiro atoms. The number of piperazine rings is 1. The number of sulfonamides is 1. The van der Waals surface area contributed by atoms with Crippen LogP contribution >= 0.6 is 11.6 Å². The molecule has 1 amide bonds. The van der Waals surface area contributed by atoms with Gasteiger partial charge in [-0.1, -0.05) is 11.6 Å². The molecule has 5 nitrogen and oxygen atoms in total. The fraction of sp³-hybridized carbons (Fsp3) is 0.278. The summed E-state index contributed by atoms with van der Waals surface area (Å²) >= 11 is 5.67. The fourth-order valence-electron chi connectivity index (χ4n) is 2.93. The Labute approximate surface area is 169 Å². The summed E-state index contributed by atoms with van der Waals surface area (Å²) in [6, 6.07) is 6.86. The van der Waals surface area contributed by atoms with E-state index in [1.54, 1.807) is 0 Å². The first kappa shape index (κ1) is 21.5. The predicted molar refractivity (Wildman–Crippen MR) is 97.5 cm³/mol. The lowest BCUT2D eigenvalue weighted by molar-refractivity contribution is -0.137. The van der Waals surface area contributed by atoms with E-state index in [9.17, 15) is 30.8 Å². The summed E-state index contributed by atoms with van der Waals surface area (Å²) in [6.45, 7) is -0.101. The number of carbonyl (C=O) groups excluding carboxylic acids is 1. The van der Waals surface area contributed by atoms with Crippen LogP contribution in [-0.2, 0) is 16.2 Å². The number of nitrogens with zero attached hydrogens (tertiary/aromatic N) is 2. The molecule has 0 N–H and O–H groups in total. The highest BCUT2D eigenvalue weighted by Gasteiger charge is 2.33. The maximum absolute atomic E-state index is 13.9. The van der Waals surface area contributed by atoms with Crippen LogP contribution < -0.4 is 0 Å². The summed E-state index contributed by atoms with van der Waals surface area (Å²) in [5.74, 6) is -1.37. The zero-order valence-corrected chi connectivity index (χ0v) is 16.4. The number of rotatable bonds is 3. The van der Waals surface area contributed by atoms with E-state index in [1.165, 1.54) is 17.0 Å². The van der Waals surface area contributed by atoms with E-state index in [2.05, 4.69) is 0 Å². The highest BCUT2D eigenvalue weighted by Crippen LogP contribution is 2.30. The minimum absolute atomic E-state index is 0.0146. The van der Waals surface area contributed by atoms with Crippen LogP contribution in [0.25, 0.3) is 0 Å². The molecule has 29 heavy (non-hydrogen) atoms. The monoisotopic (exact) mass is 450 g/mol. The van der Waals surface area contributed by atoms with Gasteiger partial charge in [0.2, 0.25) is 10.0 Å². The lowest BCUT2D eigenvalue weighted by Gasteiger charge is -2.34. The molecule has 0 aliphatic carbocycles. The number of halogens is 5. The highest BCUT2D eigenvalue weighted by molar-refractivity contribution is 7.89. The lowest BCUT2D eigenvalue weighted by atomic mass is 10.1. The topological polar surface area (TPSA) is 57.7 Å². The summed E-state index contributed by atoms with van der Waals surface area (Å²) in [7, 11) is -4.02. The van der Waals surface area contributed by atoms with Crippen molar-refractivity contribution >= 4 is 27.5 Å². The first-order valence-electron chi connectivity index (χ1n) is 8.42. The van der Waals surface area contributed by atoms with Crippen molar-refractivity contribution in [1.29, 1.82) is 0 Å². The van der Waals surface area contributed by atoms with Gasteiger partial charge in [-0.05, 0) is 42.5 Å². The average molecular weight is 451 g/mol. The summed E-state index contributed by atoms with van der Waals surface area (Å²) < 4.78 is 78.3. The van der Waals surface area contributed by atoms with Gasteiger partial charge in [-0.25, -0.2) is 12.8 Å². The van der Waals surface area contributed by atoms with E-state index in [-0.39, 0.29) is 41.7 Å². The Hall–Kier alpha value is -2.17. The molecule has 1 saturated heterocycles. The van der Waals surface area contributed by atoms with Crippen LogP contribution in [0.5, 0.6) is 0 Å². The van der Waals surface area contributed by atoms with Crippen molar-refractivity contribution in [3.63, 3.8) is 0 Å². The smallest absolute Gasteiger partial charge is 0.336 e. The molecule has 1 aliphatic rings. The van der Waals surface area contributed by atoms with Crippen LogP contribution in [0.4, 0.5) is 17.6 Å². The number of alkyl halides is 3. The first-order valence-corrected chi connectivity index (χ1v) is 10.2. The SMILES string of the molecule is O=C(c1ccc(Cl)cc1F)N1CCN(S(=O)(=O)c2ccc(C(F)(F)F)cc2)CC1. The molecule has 3 rings (SSSR count). The Balaban J connectivity index is 1.70. The van der Waals surface area contributed by atoms with Crippen molar-refractivity contribution in [2.75, 3.05) is 26.2 Å². The molecule has 11 heteroatoms. The van der Waals surface area contributed by atoms with Gasteiger partial charge < -0.3 is 4.90 Å². The van der Waals surface area contributed by atoms with E-state index in [0.29, 0.717) is 12.1 Å². The van der Waals surface area contributed by atoms with E-state index in [1.807, 2.05) is 0 Å². The normalized spacial score (nSPS) is 16.1. The van der Waals surface area contributed by atoms with Crippen molar-refractivity contribution in [3.05, 3.63) is 64.4 Å². The summed E-state index contributed by atoms with van der Waals surface area (Å²) in [6.07, 6.45) is -4.56. The Morgan fingerprint density at radius 2 is 1.55 bits per heavy atom. The van der Waals surface area contributed by atoms with E-state index in [4.69, 9.17) is 11.6 Å². The van der Waals surface area contributed by atoms with Crippen LogP contribution in [0.15, 0.2) is 47.4 Å². The molecule has 0 saturated carbocycles. The zero-order valence-electron chi connectivity index (χ0n) is 14.8. The lowest BCUT2D eigenvalue weighted by Crippen LogP contribution is -2.50. The number of amides is 1. The minimum atomic E-state index is -4.56. The maximum atomic E-state index is 13.9. The Kier molecular flexibility index (Phi) is 5.88. The molecule has 1 heterocycles. The van der Waals surface area contributed by atoms with Crippen LogP contribution in [-0.4, -0.2) is 49.7 Å². The molecule has 0 aromatic heterocycles. The van der Waals surface area contributed by atoms with Crippen molar-refractivity contribution in [3.8, 4) is 0 Å². The van der Waals surface area contributed by atoms with Crippen LogP contribution in [0.2, 0.25) is 5.02 Å². The standard InChI is InChI=1S/C18H15ClF4N2O3S/c19-13-3-6-15(16(20)11-13)17(26)24-7-9-25(10-8-24)29(27,28)14-4-1-12(2-5-14)18(21,22)23/h1-6,11H,7-10H2. The number of carbonyl (C=O) groups is 1. The third-order valence-corrected chi connectivity index (χ3v) is 6.65. The Morgan fingerprint density at radius 1 is 0.966 bits per heavy atom. The predicted octanol–water partition coefficient (Wildman–Crippen LogP) is 3.64. The molecule has 0 bridgehead atoms. The number of hydrogen-bond acceptors (Lipinski definition) is 3. The molecule has 0 atom stereocenters. The third kappa shape index (κ3) is 4.54. The fourth-order valence-corrected chi connectivity index (χ4v) is 4.51. The minimum Gasteiger partial charge on any atom is -0.336 e. The molecular formula is C18H15ClF4N2O3S. The molecule has 1 aliphatic heterocycles. The van der Waals surface area contributed by atoms with E-state index in [0.717, 1.165) is 22.5 Å². The molecule has 156 valence electrons. The molecule has 2 aromatic rings. The van der Waals surface area contributed by atoms with E-state index >= 15 is 0 Å². The van der Waals surface area contributed by atoms with Gasteiger partial charge in [0, 0.05) is 31.2 Å². The third-order valence-electron chi connectivity index (χ3n) is 4.51. The van der Waals surface area contributed by atoms with Gasteiger partial charge in [0.1, 0.15) is 5.82 Å². The van der Waals surface area contributed by atoms with Gasteiger partial charge in [-0.3, -0.25) is 4.79 Å². The second-order valence-electron chi connectivity index (χ2n) is 6.34. The highest BCUT2D eigenvalue weighted by atomic mass is 35.5. The average Bonchev–Trinajstić information content (AvgIpc) is 2.67. The molecule has 0 unspecified atom stereocenters. The zero-order chi connectivity index (χ0) is 21.4. The van der Waals surface area contributed by atoms with Crippen LogP contribution in [0, 0.1) is 5.82 Å². The summed E-state index contributed by atoms with van der Waals surface area (Å²) in [5.41, 5.74) is -1.12. The number of hydrogen-bond donors (Lipinski definition) is 0. The van der Waals surface area contributed by atoms with Gasteiger partial charge in [-0.15, -0.1) is 0 Å². The maximum Gasteiger partial charge on any atom is 0.416 e. The number of benzene rings is 2. The van der Waals surface area contributed by atoms with E-state index < -0.39 is 33.5 Å². The summed E-state index contributed by atoms with van der Waals surface area (Å²) in [4.78, 5) is 13.5. The molecule has 1 fully saturated rings. The molecule has 0 radical (unpaired) electrons. The molecule has 2 aromatic carbocycles. The van der Waals surface area contributed by atoms with Crippen molar-refractivity contribution in [2.45, 2.75) is 11.1 Å².